The van der Waals surface area contributed by atoms with Gasteiger partial charge in [0, 0.05) is 18.6 Å². The molecule has 0 saturated heterocycles. The summed E-state index contributed by atoms with van der Waals surface area (Å²) in [5.41, 5.74) is 2.66. The fraction of sp³-hybridized carbons (Fsp3) is 0.250. The summed E-state index contributed by atoms with van der Waals surface area (Å²) in [7, 11) is 0. The maximum absolute atomic E-state index is 11.1. The van der Waals surface area contributed by atoms with Gasteiger partial charge < -0.3 is 10.4 Å². The minimum absolute atomic E-state index is 0.224. The molecule has 0 aliphatic heterocycles. The van der Waals surface area contributed by atoms with Gasteiger partial charge in [-0.15, -0.1) is 0 Å². The zero-order chi connectivity index (χ0) is 14.4. The molecule has 104 valence electrons. The first-order valence-electron chi connectivity index (χ1n) is 6.69. The Labute approximate surface area is 118 Å². The van der Waals surface area contributed by atoms with E-state index in [1.165, 1.54) is 12.4 Å². The van der Waals surface area contributed by atoms with Crippen LogP contribution in [0.15, 0.2) is 60.0 Å². The van der Waals surface area contributed by atoms with Gasteiger partial charge in [-0.05, 0) is 23.5 Å². The topological polar surface area (TPSA) is 59.5 Å². The Kier molecular flexibility index (Phi) is 4.71. The van der Waals surface area contributed by atoms with Crippen molar-refractivity contribution < 1.29 is 9.94 Å². The zero-order valence-electron chi connectivity index (χ0n) is 11.4. The lowest BCUT2D eigenvalue weighted by Crippen LogP contribution is -2.24. The summed E-state index contributed by atoms with van der Waals surface area (Å²) in [5.74, 6) is 0.224. The second-order valence-corrected chi connectivity index (χ2v) is 4.71. The summed E-state index contributed by atoms with van der Waals surface area (Å²) >= 11 is 0. The van der Waals surface area contributed by atoms with Gasteiger partial charge in [0.05, 0.1) is 5.71 Å². The minimum Gasteiger partial charge on any atom is -0.619 e. The number of hydrogen-bond donors (Lipinski definition) is 1. The monoisotopic (exact) mass is 270 g/mol. The summed E-state index contributed by atoms with van der Waals surface area (Å²) in [4.78, 5) is 0. The van der Waals surface area contributed by atoms with Crippen LogP contribution in [0.1, 0.15) is 36.8 Å². The van der Waals surface area contributed by atoms with Crippen LogP contribution in [0.2, 0.25) is 0 Å². The van der Waals surface area contributed by atoms with E-state index in [9.17, 15) is 10.4 Å². The number of hydrogen-bond acceptors (Lipinski definition) is 3. The largest absolute Gasteiger partial charge is 0.619 e. The standard InChI is InChI=1S/C16H18N2O2/c1-2-13(14-8-10-18(20)11-9-14)12-16(17-19)15-6-4-3-5-7-15/h3-11,13,19H,2,12H2,1H3. The highest BCUT2D eigenvalue weighted by Crippen LogP contribution is 2.24. The van der Waals surface area contributed by atoms with Crippen LogP contribution in [0.3, 0.4) is 0 Å². The molecule has 0 bridgehead atoms. The van der Waals surface area contributed by atoms with Crippen molar-refractivity contribution in [2.75, 3.05) is 0 Å². The SMILES string of the molecule is CCC(CC(=NO)c1ccccc1)c1cc[n+]([O-])cc1. The summed E-state index contributed by atoms with van der Waals surface area (Å²) < 4.78 is 0.772. The van der Waals surface area contributed by atoms with Crippen LogP contribution in [0.25, 0.3) is 0 Å². The number of aromatic nitrogens is 1. The number of oxime groups is 1. The molecule has 20 heavy (non-hydrogen) atoms. The Hall–Kier alpha value is -2.36. The second-order valence-electron chi connectivity index (χ2n) is 4.71. The van der Waals surface area contributed by atoms with Gasteiger partial charge in [-0.2, -0.15) is 4.73 Å². The van der Waals surface area contributed by atoms with Crippen molar-refractivity contribution in [3.63, 3.8) is 0 Å². The predicted molar refractivity (Wildman–Crippen MR) is 77.8 cm³/mol. The maximum Gasteiger partial charge on any atom is 0.180 e. The van der Waals surface area contributed by atoms with Crippen LogP contribution >= 0.6 is 0 Å². The lowest BCUT2D eigenvalue weighted by atomic mass is 9.90. The molecular formula is C16H18N2O2. The molecule has 1 unspecified atom stereocenters. The van der Waals surface area contributed by atoms with Crippen LogP contribution in [0.5, 0.6) is 0 Å². The second kappa shape index (κ2) is 6.70. The molecule has 0 radical (unpaired) electrons. The molecule has 0 amide bonds. The summed E-state index contributed by atoms with van der Waals surface area (Å²) in [6.07, 6.45) is 4.54. The van der Waals surface area contributed by atoms with Crippen molar-refractivity contribution in [3.05, 3.63) is 71.2 Å². The highest BCUT2D eigenvalue weighted by molar-refractivity contribution is 6.00. The average Bonchev–Trinajstić information content (AvgIpc) is 2.51. The number of nitrogens with zero attached hydrogens (tertiary/aromatic N) is 2. The molecule has 1 aromatic heterocycles. The predicted octanol–water partition coefficient (Wildman–Crippen LogP) is 3.08. The Morgan fingerprint density at radius 2 is 1.85 bits per heavy atom. The Bertz CT molecular complexity index is 565. The van der Waals surface area contributed by atoms with E-state index in [-0.39, 0.29) is 5.92 Å². The molecule has 2 aromatic rings. The van der Waals surface area contributed by atoms with E-state index in [0.717, 1.165) is 22.3 Å². The van der Waals surface area contributed by atoms with Crippen LogP contribution in [0.4, 0.5) is 0 Å². The Morgan fingerprint density at radius 1 is 1.20 bits per heavy atom. The van der Waals surface area contributed by atoms with Crippen molar-refractivity contribution in [2.24, 2.45) is 5.16 Å². The van der Waals surface area contributed by atoms with Crippen molar-refractivity contribution >= 4 is 5.71 Å². The molecule has 1 atom stereocenters. The molecule has 1 aromatic carbocycles. The van der Waals surface area contributed by atoms with E-state index in [0.29, 0.717) is 12.1 Å². The first-order chi connectivity index (χ1) is 9.74. The fourth-order valence-corrected chi connectivity index (χ4v) is 2.27. The maximum atomic E-state index is 11.1. The first kappa shape index (κ1) is 14.1. The smallest absolute Gasteiger partial charge is 0.180 e. The fourth-order valence-electron chi connectivity index (χ4n) is 2.27. The number of rotatable bonds is 5. The molecule has 1 N–H and O–H groups in total. The first-order valence-corrected chi connectivity index (χ1v) is 6.69. The van der Waals surface area contributed by atoms with Gasteiger partial charge >= 0.3 is 0 Å². The van der Waals surface area contributed by atoms with Gasteiger partial charge in [-0.1, -0.05) is 42.4 Å². The third kappa shape index (κ3) is 3.35. The van der Waals surface area contributed by atoms with E-state index in [1.807, 2.05) is 42.5 Å². The van der Waals surface area contributed by atoms with Crippen molar-refractivity contribution in [1.82, 2.24) is 0 Å². The molecule has 0 saturated carbocycles. The molecule has 4 heteroatoms. The lowest BCUT2D eigenvalue weighted by molar-refractivity contribution is -0.605. The van der Waals surface area contributed by atoms with Crippen molar-refractivity contribution in [1.29, 1.82) is 0 Å². The molecule has 2 rings (SSSR count). The molecule has 0 spiro atoms. The Morgan fingerprint density at radius 3 is 2.40 bits per heavy atom. The third-order valence-corrected chi connectivity index (χ3v) is 3.46. The average molecular weight is 270 g/mol. The zero-order valence-corrected chi connectivity index (χ0v) is 11.4. The normalized spacial score (nSPS) is 13.2. The van der Waals surface area contributed by atoms with E-state index < -0.39 is 0 Å². The van der Waals surface area contributed by atoms with E-state index >= 15 is 0 Å². The third-order valence-electron chi connectivity index (χ3n) is 3.46. The number of benzene rings is 1. The summed E-state index contributed by atoms with van der Waals surface area (Å²) in [5, 5.41) is 23.8. The van der Waals surface area contributed by atoms with Crippen molar-refractivity contribution in [3.8, 4) is 0 Å². The van der Waals surface area contributed by atoms with Crippen LogP contribution in [-0.4, -0.2) is 10.9 Å². The highest BCUT2D eigenvalue weighted by atomic mass is 16.5. The molecule has 4 nitrogen and oxygen atoms in total. The van der Waals surface area contributed by atoms with Crippen LogP contribution in [-0.2, 0) is 0 Å². The van der Waals surface area contributed by atoms with Crippen LogP contribution < -0.4 is 4.73 Å². The van der Waals surface area contributed by atoms with Gasteiger partial charge in [0.2, 0.25) is 0 Å². The molecule has 1 heterocycles. The quantitative estimate of drug-likeness (QED) is 0.298. The van der Waals surface area contributed by atoms with E-state index in [2.05, 4.69) is 12.1 Å². The van der Waals surface area contributed by atoms with E-state index in [1.54, 1.807) is 0 Å². The lowest BCUT2D eigenvalue weighted by Gasteiger charge is -2.15. The van der Waals surface area contributed by atoms with E-state index in [4.69, 9.17) is 0 Å². The minimum atomic E-state index is 0.224. The molecule has 0 aliphatic rings. The van der Waals surface area contributed by atoms with Gasteiger partial charge in [0.25, 0.3) is 0 Å². The highest BCUT2D eigenvalue weighted by Gasteiger charge is 2.15. The van der Waals surface area contributed by atoms with Gasteiger partial charge in [-0.25, -0.2) is 0 Å². The van der Waals surface area contributed by atoms with Gasteiger partial charge in [-0.3, -0.25) is 0 Å². The van der Waals surface area contributed by atoms with Crippen molar-refractivity contribution in [2.45, 2.75) is 25.7 Å². The van der Waals surface area contributed by atoms with Gasteiger partial charge in [0.15, 0.2) is 12.4 Å². The Balaban J connectivity index is 2.19. The van der Waals surface area contributed by atoms with Gasteiger partial charge in [0.1, 0.15) is 0 Å². The molecule has 0 fully saturated rings. The molecule has 0 aliphatic carbocycles. The summed E-state index contributed by atoms with van der Waals surface area (Å²) in [6.45, 7) is 2.09. The number of pyridine rings is 1. The van der Waals surface area contributed by atoms with Crippen LogP contribution in [0, 0.1) is 5.21 Å². The molecular weight excluding hydrogens is 252 g/mol. The summed E-state index contributed by atoms with van der Waals surface area (Å²) in [6, 6.07) is 13.3.